The van der Waals surface area contributed by atoms with Gasteiger partial charge in [0.15, 0.2) is 32.1 Å². The van der Waals surface area contributed by atoms with Gasteiger partial charge in [-0.1, -0.05) is 20.8 Å². The van der Waals surface area contributed by atoms with Gasteiger partial charge in [0.05, 0.1) is 13.4 Å². The van der Waals surface area contributed by atoms with Crippen LogP contribution in [0.4, 0.5) is 5.82 Å². The first-order chi connectivity index (χ1) is 13.5. The lowest BCUT2D eigenvalue weighted by Gasteiger charge is -2.40. The Balaban J connectivity index is 2.03. The summed E-state index contributed by atoms with van der Waals surface area (Å²) in [7, 11) is 0.641. The standard InChI is InChI=1S/C18H29N5O5Si/c1-18(2,3)29(6,7)28-11-12(25-4)16(27-13(11)17(24)26-5)23-9-22-10-14(19)20-8-21-15(10)23/h8-9,11-13,16H,1-7H3,(H2,19,20,21)/t11?,12-,13+,16-/m1/s1. The highest BCUT2D eigenvalue weighted by Crippen LogP contribution is 2.42. The second kappa shape index (κ2) is 7.63. The maximum absolute atomic E-state index is 12.5. The lowest BCUT2D eigenvalue weighted by Crippen LogP contribution is -2.51. The largest absolute Gasteiger partial charge is 0.467 e. The number of ether oxygens (including phenoxy) is 3. The van der Waals surface area contributed by atoms with E-state index in [1.165, 1.54) is 13.4 Å². The van der Waals surface area contributed by atoms with Crippen LogP contribution in [0.2, 0.25) is 18.1 Å². The van der Waals surface area contributed by atoms with E-state index in [-0.39, 0.29) is 10.9 Å². The van der Waals surface area contributed by atoms with E-state index >= 15 is 0 Å². The van der Waals surface area contributed by atoms with Crippen LogP contribution < -0.4 is 5.73 Å². The maximum Gasteiger partial charge on any atom is 0.337 e. The second-order valence-electron chi connectivity index (χ2n) is 8.60. The molecule has 1 unspecified atom stereocenters. The number of nitrogens with two attached hydrogens (primary N) is 1. The summed E-state index contributed by atoms with van der Waals surface area (Å²) in [5.74, 6) is -0.254. The van der Waals surface area contributed by atoms with Crippen molar-refractivity contribution in [3.8, 4) is 0 Å². The van der Waals surface area contributed by atoms with Gasteiger partial charge in [0.25, 0.3) is 0 Å². The van der Waals surface area contributed by atoms with Crippen molar-refractivity contribution in [2.24, 2.45) is 0 Å². The van der Waals surface area contributed by atoms with E-state index in [0.29, 0.717) is 11.2 Å². The molecular formula is C18H29N5O5Si. The molecule has 1 aliphatic heterocycles. The number of nitrogens with zero attached hydrogens (tertiary/aromatic N) is 4. The van der Waals surface area contributed by atoms with Crippen LogP contribution in [-0.4, -0.2) is 66.3 Å². The Kier molecular flexibility index (Phi) is 5.69. The number of carbonyl (C=O) groups excluding carboxylic acids is 1. The molecule has 0 saturated carbocycles. The first-order valence-corrected chi connectivity index (χ1v) is 12.3. The van der Waals surface area contributed by atoms with E-state index in [9.17, 15) is 4.79 Å². The molecule has 4 atom stereocenters. The van der Waals surface area contributed by atoms with E-state index in [0.717, 1.165) is 0 Å². The van der Waals surface area contributed by atoms with Crippen molar-refractivity contribution >= 4 is 31.3 Å². The Hall–Kier alpha value is -2.08. The number of rotatable bonds is 5. The molecule has 1 aliphatic rings. The van der Waals surface area contributed by atoms with Gasteiger partial charge >= 0.3 is 5.97 Å². The third-order valence-electron chi connectivity index (χ3n) is 5.79. The molecule has 0 amide bonds. The molecule has 3 rings (SSSR count). The van der Waals surface area contributed by atoms with Crippen LogP contribution >= 0.6 is 0 Å². The van der Waals surface area contributed by atoms with Crippen LogP contribution in [0.15, 0.2) is 12.7 Å². The number of hydrogen-bond donors (Lipinski definition) is 1. The number of methoxy groups -OCH3 is 2. The number of imidazole rings is 1. The predicted octanol–water partition coefficient (Wildman–Crippen LogP) is 1.88. The van der Waals surface area contributed by atoms with Gasteiger partial charge < -0.3 is 24.4 Å². The molecule has 0 bridgehead atoms. The molecule has 3 heterocycles. The van der Waals surface area contributed by atoms with Crippen molar-refractivity contribution in [3.05, 3.63) is 12.7 Å². The molecule has 11 heteroatoms. The number of esters is 1. The maximum atomic E-state index is 12.5. The van der Waals surface area contributed by atoms with Gasteiger partial charge in [0.2, 0.25) is 0 Å². The van der Waals surface area contributed by atoms with E-state index in [4.69, 9.17) is 24.4 Å². The zero-order valence-corrected chi connectivity index (χ0v) is 18.9. The minimum Gasteiger partial charge on any atom is -0.467 e. The summed E-state index contributed by atoms with van der Waals surface area (Å²) in [5.41, 5.74) is 6.84. The third kappa shape index (κ3) is 3.75. The number of carbonyl (C=O) groups is 1. The summed E-state index contributed by atoms with van der Waals surface area (Å²) in [6, 6.07) is 0. The monoisotopic (exact) mass is 423 g/mol. The molecule has 0 radical (unpaired) electrons. The fourth-order valence-electron chi connectivity index (χ4n) is 3.12. The molecule has 0 spiro atoms. The van der Waals surface area contributed by atoms with Crippen molar-refractivity contribution in [1.82, 2.24) is 19.5 Å². The highest BCUT2D eigenvalue weighted by Gasteiger charge is 2.54. The Bertz CT molecular complexity index is 896. The molecule has 1 fully saturated rings. The summed E-state index contributed by atoms with van der Waals surface area (Å²) in [6.07, 6.45) is 0.0411. The summed E-state index contributed by atoms with van der Waals surface area (Å²) in [5, 5.41) is -0.0621. The molecule has 10 nitrogen and oxygen atoms in total. The fraction of sp³-hybridized carbons (Fsp3) is 0.667. The van der Waals surface area contributed by atoms with Crippen LogP contribution in [0.5, 0.6) is 0 Å². The van der Waals surface area contributed by atoms with Gasteiger partial charge in [0.1, 0.15) is 24.1 Å². The molecule has 0 aliphatic carbocycles. The molecule has 2 aromatic rings. The van der Waals surface area contributed by atoms with Gasteiger partial charge in [-0.25, -0.2) is 19.7 Å². The molecule has 0 aromatic carbocycles. The smallest absolute Gasteiger partial charge is 0.337 e. The highest BCUT2D eigenvalue weighted by molar-refractivity contribution is 6.74. The third-order valence-corrected chi connectivity index (χ3v) is 10.3. The molecular weight excluding hydrogens is 394 g/mol. The van der Waals surface area contributed by atoms with E-state index in [1.54, 1.807) is 18.0 Å². The normalized spacial score (nSPS) is 25.5. The molecule has 160 valence electrons. The zero-order valence-electron chi connectivity index (χ0n) is 17.9. The highest BCUT2D eigenvalue weighted by atomic mass is 28.4. The number of fused-ring (bicyclic) bond motifs is 1. The summed E-state index contributed by atoms with van der Waals surface area (Å²) in [4.78, 5) is 25.0. The van der Waals surface area contributed by atoms with Crippen LogP contribution in [-0.2, 0) is 23.4 Å². The van der Waals surface area contributed by atoms with Crippen molar-refractivity contribution in [3.63, 3.8) is 0 Å². The first kappa shape index (κ1) is 21.6. The molecule has 29 heavy (non-hydrogen) atoms. The topological polar surface area (TPSA) is 124 Å². The molecule has 1 saturated heterocycles. The van der Waals surface area contributed by atoms with Crippen LogP contribution in [0.25, 0.3) is 11.2 Å². The lowest BCUT2D eigenvalue weighted by atomic mass is 10.1. The zero-order chi connectivity index (χ0) is 21.6. The number of aromatic nitrogens is 4. The quantitative estimate of drug-likeness (QED) is 0.567. The average Bonchev–Trinajstić information content (AvgIpc) is 3.21. The Morgan fingerprint density at radius 1 is 1.21 bits per heavy atom. The number of nitrogen functional groups attached to an aromatic ring is 1. The molecule has 2 aromatic heterocycles. The second-order valence-corrected chi connectivity index (χ2v) is 13.4. The Labute approximate surface area is 170 Å². The average molecular weight is 424 g/mol. The summed E-state index contributed by atoms with van der Waals surface area (Å²) in [6.45, 7) is 10.6. The van der Waals surface area contributed by atoms with Crippen molar-refractivity contribution in [2.45, 2.75) is 63.4 Å². The van der Waals surface area contributed by atoms with Gasteiger partial charge in [-0.3, -0.25) is 4.57 Å². The minimum atomic E-state index is -2.24. The number of anilines is 1. The van der Waals surface area contributed by atoms with Crippen molar-refractivity contribution < 1.29 is 23.4 Å². The van der Waals surface area contributed by atoms with E-state index in [2.05, 4.69) is 48.8 Å². The molecule has 2 N–H and O–H groups in total. The van der Waals surface area contributed by atoms with Crippen LogP contribution in [0.1, 0.15) is 27.0 Å². The van der Waals surface area contributed by atoms with Gasteiger partial charge in [-0.05, 0) is 18.1 Å². The Morgan fingerprint density at radius 3 is 2.48 bits per heavy atom. The Morgan fingerprint density at radius 2 is 1.90 bits per heavy atom. The van der Waals surface area contributed by atoms with Crippen molar-refractivity contribution in [1.29, 1.82) is 0 Å². The first-order valence-electron chi connectivity index (χ1n) is 9.38. The van der Waals surface area contributed by atoms with Gasteiger partial charge in [-0.2, -0.15) is 0 Å². The lowest BCUT2D eigenvalue weighted by molar-refractivity contribution is -0.158. The summed E-state index contributed by atoms with van der Waals surface area (Å²) >= 11 is 0. The predicted molar refractivity (Wildman–Crippen MR) is 109 cm³/mol. The van der Waals surface area contributed by atoms with Gasteiger partial charge in [-0.15, -0.1) is 0 Å². The van der Waals surface area contributed by atoms with Crippen LogP contribution in [0, 0.1) is 0 Å². The van der Waals surface area contributed by atoms with E-state index in [1.807, 2.05) is 0 Å². The summed E-state index contributed by atoms with van der Waals surface area (Å²) < 4.78 is 25.1. The van der Waals surface area contributed by atoms with Crippen LogP contribution in [0.3, 0.4) is 0 Å². The fourth-order valence-corrected chi connectivity index (χ4v) is 4.41. The number of hydrogen-bond acceptors (Lipinski definition) is 9. The van der Waals surface area contributed by atoms with Crippen molar-refractivity contribution in [2.75, 3.05) is 20.0 Å². The van der Waals surface area contributed by atoms with E-state index < -0.39 is 38.8 Å². The van der Waals surface area contributed by atoms with Gasteiger partial charge in [0, 0.05) is 7.11 Å². The minimum absolute atomic E-state index is 0.0621. The SMILES string of the molecule is COC(=O)[C@H]1O[C@@H](n2cnc3c(N)ncnc32)[C@H](OC)C1O[Si](C)(C)C(C)(C)C.